The summed E-state index contributed by atoms with van der Waals surface area (Å²) < 4.78 is 0. The Kier molecular flexibility index (Phi) is 2.90. The first-order valence-electron chi connectivity index (χ1n) is 4.90. The van der Waals surface area contributed by atoms with E-state index in [1.165, 1.54) is 0 Å². The molecule has 5 heteroatoms. The Balaban J connectivity index is 2.18. The third kappa shape index (κ3) is 2.12. The van der Waals surface area contributed by atoms with Gasteiger partial charge >= 0.3 is 0 Å². The van der Waals surface area contributed by atoms with Crippen LogP contribution in [0.4, 0.5) is 5.95 Å². The molecule has 1 aliphatic rings. The second-order valence-corrected chi connectivity index (χ2v) is 4.18. The Bertz CT molecular complexity index is 365. The fourth-order valence-electron chi connectivity index (χ4n) is 1.62. The van der Waals surface area contributed by atoms with Crippen molar-refractivity contribution < 1.29 is 4.79 Å². The highest BCUT2D eigenvalue weighted by atomic mass is 32.1. The molecule has 1 atom stereocenters. The van der Waals surface area contributed by atoms with Gasteiger partial charge in [0.15, 0.2) is 0 Å². The minimum atomic E-state index is 0.0953. The maximum absolute atomic E-state index is 11.6. The number of hydrogen-bond donors (Lipinski definition) is 1. The van der Waals surface area contributed by atoms with Crippen molar-refractivity contribution in [3.05, 3.63) is 18.0 Å². The number of amides is 1. The van der Waals surface area contributed by atoms with Crippen LogP contribution in [-0.4, -0.2) is 28.2 Å². The Labute approximate surface area is 94.1 Å². The molecular formula is C10H13N3OS. The highest BCUT2D eigenvalue weighted by molar-refractivity contribution is 7.80. The van der Waals surface area contributed by atoms with Crippen molar-refractivity contribution in [2.24, 2.45) is 5.92 Å². The van der Waals surface area contributed by atoms with Crippen molar-refractivity contribution in [1.29, 1.82) is 0 Å². The van der Waals surface area contributed by atoms with Gasteiger partial charge in [0, 0.05) is 25.4 Å². The van der Waals surface area contributed by atoms with Gasteiger partial charge in [-0.3, -0.25) is 9.69 Å². The zero-order valence-electron chi connectivity index (χ0n) is 8.55. The van der Waals surface area contributed by atoms with E-state index in [0.717, 1.165) is 11.3 Å². The van der Waals surface area contributed by atoms with Gasteiger partial charge in [0.2, 0.25) is 11.9 Å². The van der Waals surface area contributed by atoms with Crippen LogP contribution in [0.5, 0.6) is 0 Å². The monoisotopic (exact) mass is 223 g/mol. The average molecular weight is 223 g/mol. The summed E-state index contributed by atoms with van der Waals surface area (Å²) in [5.41, 5.74) is 0.996. The van der Waals surface area contributed by atoms with Gasteiger partial charge in [0.1, 0.15) is 0 Å². The van der Waals surface area contributed by atoms with E-state index in [4.69, 9.17) is 0 Å². The van der Waals surface area contributed by atoms with Crippen LogP contribution in [0, 0.1) is 12.8 Å². The standard InChI is InChI=1S/C10H13N3OS/c1-7-3-11-10(12-4-7)13-5-8(6-15)2-9(13)14/h3-4,8,15H,2,5-6H2,1H3. The van der Waals surface area contributed by atoms with Gasteiger partial charge in [-0.05, 0) is 24.2 Å². The first kappa shape index (κ1) is 10.4. The Morgan fingerprint density at radius 2 is 2.20 bits per heavy atom. The highest BCUT2D eigenvalue weighted by Gasteiger charge is 2.30. The number of rotatable bonds is 2. The third-order valence-electron chi connectivity index (χ3n) is 2.47. The van der Waals surface area contributed by atoms with Crippen molar-refractivity contribution in [1.82, 2.24) is 9.97 Å². The molecule has 0 radical (unpaired) electrons. The van der Waals surface area contributed by atoms with E-state index < -0.39 is 0 Å². The largest absolute Gasteiger partial charge is 0.280 e. The lowest BCUT2D eigenvalue weighted by atomic mass is 10.1. The molecule has 15 heavy (non-hydrogen) atoms. The molecule has 1 unspecified atom stereocenters. The zero-order valence-corrected chi connectivity index (χ0v) is 9.44. The molecule has 1 aromatic rings. The molecule has 2 rings (SSSR count). The molecule has 0 saturated carbocycles. The van der Waals surface area contributed by atoms with Crippen LogP contribution >= 0.6 is 12.6 Å². The summed E-state index contributed by atoms with van der Waals surface area (Å²) in [4.78, 5) is 21.6. The van der Waals surface area contributed by atoms with Gasteiger partial charge in [-0.2, -0.15) is 12.6 Å². The molecule has 0 bridgehead atoms. The van der Waals surface area contributed by atoms with Crippen LogP contribution in [-0.2, 0) is 4.79 Å². The van der Waals surface area contributed by atoms with Gasteiger partial charge < -0.3 is 0 Å². The predicted octanol–water partition coefficient (Wildman–Crippen LogP) is 1.07. The molecular weight excluding hydrogens is 210 g/mol. The highest BCUT2D eigenvalue weighted by Crippen LogP contribution is 2.22. The minimum absolute atomic E-state index is 0.0953. The molecule has 0 aromatic carbocycles. The van der Waals surface area contributed by atoms with Crippen molar-refractivity contribution in [2.45, 2.75) is 13.3 Å². The summed E-state index contributed by atoms with van der Waals surface area (Å²) in [5.74, 6) is 1.66. The van der Waals surface area contributed by atoms with Crippen LogP contribution < -0.4 is 4.90 Å². The van der Waals surface area contributed by atoms with E-state index in [1.807, 2.05) is 6.92 Å². The van der Waals surface area contributed by atoms with Crippen LogP contribution in [0.25, 0.3) is 0 Å². The fraction of sp³-hybridized carbons (Fsp3) is 0.500. The number of aryl methyl sites for hydroxylation is 1. The Morgan fingerprint density at radius 1 is 1.53 bits per heavy atom. The molecule has 80 valence electrons. The van der Waals surface area contributed by atoms with Crippen LogP contribution in [0.1, 0.15) is 12.0 Å². The molecule has 1 fully saturated rings. The van der Waals surface area contributed by atoms with Crippen LogP contribution in [0.15, 0.2) is 12.4 Å². The predicted molar refractivity (Wildman–Crippen MR) is 61.1 cm³/mol. The van der Waals surface area contributed by atoms with E-state index >= 15 is 0 Å². The molecule has 1 saturated heterocycles. The molecule has 1 aromatic heterocycles. The first-order chi connectivity index (χ1) is 7.20. The number of nitrogens with zero attached hydrogens (tertiary/aromatic N) is 3. The van der Waals surface area contributed by atoms with E-state index in [-0.39, 0.29) is 5.91 Å². The SMILES string of the molecule is Cc1cnc(N2CC(CS)CC2=O)nc1. The van der Waals surface area contributed by atoms with Gasteiger partial charge in [-0.15, -0.1) is 0 Å². The lowest BCUT2D eigenvalue weighted by Gasteiger charge is -2.13. The molecule has 0 N–H and O–H groups in total. The second kappa shape index (κ2) is 4.18. The lowest BCUT2D eigenvalue weighted by molar-refractivity contribution is -0.117. The van der Waals surface area contributed by atoms with Gasteiger partial charge in [-0.1, -0.05) is 0 Å². The van der Waals surface area contributed by atoms with Crippen molar-refractivity contribution in [3.8, 4) is 0 Å². The molecule has 2 heterocycles. The Hall–Kier alpha value is -1.10. The maximum atomic E-state index is 11.6. The van der Waals surface area contributed by atoms with Gasteiger partial charge in [-0.25, -0.2) is 9.97 Å². The fourth-order valence-corrected chi connectivity index (χ4v) is 1.87. The third-order valence-corrected chi connectivity index (χ3v) is 2.99. The van der Waals surface area contributed by atoms with Crippen LogP contribution in [0.2, 0.25) is 0 Å². The Morgan fingerprint density at radius 3 is 2.73 bits per heavy atom. The summed E-state index contributed by atoms with van der Waals surface area (Å²) in [7, 11) is 0. The van der Waals surface area contributed by atoms with E-state index in [9.17, 15) is 4.79 Å². The molecule has 1 aliphatic heterocycles. The summed E-state index contributed by atoms with van der Waals surface area (Å²) >= 11 is 4.21. The van der Waals surface area contributed by atoms with Crippen LogP contribution in [0.3, 0.4) is 0 Å². The maximum Gasteiger partial charge on any atom is 0.232 e. The number of carbonyl (C=O) groups is 1. The number of anilines is 1. The quantitative estimate of drug-likeness (QED) is 0.763. The van der Waals surface area contributed by atoms with Gasteiger partial charge in [0.05, 0.1) is 0 Å². The topological polar surface area (TPSA) is 46.1 Å². The summed E-state index contributed by atoms with van der Waals surface area (Å²) in [6, 6.07) is 0. The summed E-state index contributed by atoms with van der Waals surface area (Å²) in [6.07, 6.45) is 4.01. The van der Waals surface area contributed by atoms with Crippen molar-refractivity contribution >= 4 is 24.5 Å². The van der Waals surface area contributed by atoms with Gasteiger partial charge in [0.25, 0.3) is 0 Å². The number of thiol groups is 1. The van der Waals surface area contributed by atoms with E-state index in [0.29, 0.717) is 24.8 Å². The molecule has 4 nitrogen and oxygen atoms in total. The summed E-state index contributed by atoms with van der Waals surface area (Å²) in [6.45, 7) is 2.61. The number of hydrogen-bond acceptors (Lipinski definition) is 4. The molecule has 0 spiro atoms. The average Bonchev–Trinajstić information content (AvgIpc) is 2.61. The smallest absolute Gasteiger partial charge is 0.232 e. The lowest BCUT2D eigenvalue weighted by Crippen LogP contribution is -2.26. The number of carbonyl (C=O) groups excluding carboxylic acids is 1. The van der Waals surface area contributed by atoms with Crippen molar-refractivity contribution in [2.75, 3.05) is 17.2 Å². The number of aromatic nitrogens is 2. The second-order valence-electron chi connectivity index (χ2n) is 3.82. The first-order valence-corrected chi connectivity index (χ1v) is 5.54. The molecule has 0 aliphatic carbocycles. The minimum Gasteiger partial charge on any atom is -0.280 e. The van der Waals surface area contributed by atoms with Crippen molar-refractivity contribution in [3.63, 3.8) is 0 Å². The summed E-state index contributed by atoms with van der Waals surface area (Å²) in [5, 5.41) is 0. The normalized spacial score (nSPS) is 21.1. The van der Waals surface area contributed by atoms with E-state index in [1.54, 1.807) is 17.3 Å². The zero-order chi connectivity index (χ0) is 10.8. The molecule has 1 amide bonds. The van der Waals surface area contributed by atoms with E-state index in [2.05, 4.69) is 22.6 Å².